The van der Waals surface area contributed by atoms with Crippen LogP contribution in [0.2, 0.25) is 10.0 Å². The molecule has 0 aliphatic heterocycles. The molecule has 0 amide bonds. The number of hydrogen-bond acceptors (Lipinski definition) is 3. The summed E-state index contributed by atoms with van der Waals surface area (Å²) in [5, 5.41) is 5.52. The van der Waals surface area contributed by atoms with E-state index in [-0.39, 0.29) is 6.04 Å². The number of nitrogens with two attached hydrogens (primary N) is 1. The summed E-state index contributed by atoms with van der Waals surface area (Å²) in [4.78, 5) is 0. The van der Waals surface area contributed by atoms with E-state index in [1.165, 1.54) is 0 Å². The predicted octanol–water partition coefficient (Wildman–Crippen LogP) is 3.27. The molecule has 1 atom stereocenters. The van der Waals surface area contributed by atoms with Crippen molar-refractivity contribution in [2.45, 2.75) is 32.9 Å². The monoisotopic (exact) mass is 312 g/mol. The minimum absolute atomic E-state index is 0.0360. The minimum atomic E-state index is -0.0360. The van der Waals surface area contributed by atoms with E-state index >= 15 is 0 Å². The quantitative estimate of drug-likeness (QED) is 0.658. The summed E-state index contributed by atoms with van der Waals surface area (Å²) in [6, 6.07) is 7.59. The Hall–Kier alpha value is -1.07. The van der Waals surface area contributed by atoms with Gasteiger partial charge in [0.2, 0.25) is 0 Å². The molecule has 4 nitrogen and oxygen atoms in total. The van der Waals surface area contributed by atoms with Gasteiger partial charge in [-0.15, -0.1) is 0 Å². The third-order valence-electron chi connectivity index (χ3n) is 3.25. The van der Waals surface area contributed by atoms with Crippen molar-refractivity contribution in [1.29, 1.82) is 0 Å². The molecule has 20 heavy (non-hydrogen) atoms. The molecule has 108 valence electrons. The number of rotatable bonds is 5. The molecule has 2 aromatic rings. The Labute approximate surface area is 128 Å². The molecule has 0 aliphatic carbocycles. The Kier molecular flexibility index (Phi) is 5.05. The number of aromatic nitrogens is 2. The number of nitrogens with zero attached hydrogens (tertiary/aromatic N) is 2. The maximum Gasteiger partial charge on any atom is 0.0596 e. The average molecular weight is 313 g/mol. The zero-order chi connectivity index (χ0) is 14.7. The highest BCUT2D eigenvalue weighted by Crippen LogP contribution is 2.27. The summed E-state index contributed by atoms with van der Waals surface area (Å²) in [7, 11) is 0. The van der Waals surface area contributed by atoms with Crippen LogP contribution in [0.1, 0.15) is 29.9 Å². The molecule has 1 aromatic carbocycles. The van der Waals surface area contributed by atoms with Gasteiger partial charge >= 0.3 is 0 Å². The van der Waals surface area contributed by atoms with Gasteiger partial charge < -0.3 is 0 Å². The molecule has 1 unspecified atom stereocenters. The summed E-state index contributed by atoms with van der Waals surface area (Å²) in [6.45, 7) is 4.89. The smallest absolute Gasteiger partial charge is 0.0596 e. The summed E-state index contributed by atoms with van der Waals surface area (Å²) < 4.78 is 1.98. The van der Waals surface area contributed by atoms with Crippen LogP contribution >= 0.6 is 23.2 Å². The first-order chi connectivity index (χ1) is 9.55. The Morgan fingerprint density at radius 1 is 1.30 bits per heavy atom. The predicted molar refractivity (Wildman–Crippen MR) is 82.9 cm³/mol. The van der Waals surface area contributed by atoms with Crippen LogP contribution in [0.4, 0.5) is 0 Å². The molecule has 0 fully saturated rings. The van der Waals surface area contributed by atoms with Crippen LogP contribution in [0, 0.1) is 6.92 Å². The highest BCUT2D eigenvalue weighted by molar-refractivity contribution is 6.42. The van der Waals surface area contributed by atoms with Crippen molar-refractivity contribution in [1.82, 2.24) is 15.2 Å². The van der Waals surface area contributed by atoms with Gasteiger partial charge in [-0.3, -0.25) is 16.0 Å². The first kappa shape index (κ1) is 15.3. The highest BCUT2D eigenvalue weighted by Gasteiger charge is 2.15. The van der Waals surface area contributed by atoms with E-state index in [1.54, 1.807) is 6.07 Å². The Morgan fingerprint density at radius 3 is 2.65 bits per heavy atom. The molecule has 1 heterocycles. The van der Waals surface area contributed by atoms with E-state index in [9.17, 15) is 0 Å². The lowest BCUT2D eigenvalue weighted by Crippen LogP contribution is -2.30. The van der Waals surface area contributed by atoms with Gasteiger partial charge in [-0.25, -0.2) is 0 Å². The SMILES string of the molecule is CCn1nc(C)cc1CC(NN)c1ccc(Cl)c(Cl)c1. The van der Waals surface area contributed by atoms with Crippen molar-refractivity contribution < 1.29 is 0 Å². The molecule has 0 saturated carbocycles. The van der Waals surface area contributed by atoms with Crippen molar-refractivity contribution in [2.75, 3.05) is 0 Å². The van der Waals surface area contributed by atoms with Crippen molar-refractivity contribution in [3.63, 3.8) is 0 Å². The average Bonchev–Trinajstić information content (AvgIpc) is 2.79. The van der Waals surface area contributed by atoms with Gasteiger partial charge in [-0.05, 0) is 37.6 Å². The fourth-order valence-electron chi connectivity index (χ4n) is 2.25. The second kappa shape index (κ2) is 6.59. The molecule has 0 spiro atoms. The van der Waals surface area contributed by atoms with Crippen molar-refractivity contribution in [3.05, 3.63) is 51.3 Å². The van der Waals surface area contributed by atoms with Crippen LogP contribution in [-0.4, -0.2) is 9.78 Å². The lowest BCUT2D eigenvalue weighted by molar-refractivity contribution is 0.517. The molecular formula is C14H18Cl2N4. The summed E-state index contributed by atoms with van der Waals surface area (Å²) >= 11 is 12.0. The molecule has 6 heteroatoms. The number of hydrogen-bond donors (Lipinski definition) is 2. The molecular weight excluding hydrogens is 295 g/mol. The van der Waals surface area contributed by atoms with Crippen LogP contribution < -0.4 is 11.3 Å². The molecule has 0 bridgehead atoms. The van der Waals surface area contributed by atoms with E-state index in [2.05, 4.69) is 23.5 Å². The van der Waals surface area contributed by atoms with Crippen molar-refractivity contribution in [3.8, 4) is 0 Å². The Balaban J connectivity index is 2.26. The Morgan fingerprint density at radius 2 is 2.05 bits per heavy atom. The first-order valence-corrected chi connectivity index (χ1v) is 7.25. The van der Waals surface area contributed by atoms with Crippen LogP contribution in [0.25, 0.3) is 0 Å². The van der Waals surface area contributed by atoms with Crippen molar-refractivity contribution >= 4 is 23.2 Å². The molecule has 1 aromatic heterocycles. The van der Waals surface area contributed by atoms with Crippen LogP contribution in [0.15, 0.2) is 24.3 Å². The molecule has 0 aliphatic rings. The minimum Gasteiger partial charge on any atom is -0.271 e. The second-order valence-corrected chi connectivity index (χ2v) is 5.50. The number of aryl methyl sites for hydroxylation is 2. The van der Waals surface area contributed by atoms with E-state index in [0.717, 1.165) is 29.9 Å². The van der Waals surface area contributed by atoms with E-state index in [0.29, 0.717) is 10.0 Å². The maximum atomic E-state index is 6.06. The number of halogens is 2. The third-order valence-corrected chi connectivity index (χ3v) is 3.98. The number of nitrogens with one attached hydrogen (secondary N) is 1. The van der Waals surface area contributed by atoms with E-state index in [4.69, 9.17) is 29.0 Å². The van der Waals surface area contributed by atoms with Crippen LogP contribution in [0.5, 0.6) is 0 Å². The molecule has 3 N–H and O–H groups in total. The zero-order valence-electron chi connectivity index (χ0n) is 11.5. The fourth-order valence-corrected chi connectivity index (χ4v) is 2.56. The van der Waals surface area contributed by atoms with Crippen LogP contribution in [-0.2, 0) is 13.0 Å². The molecule has 0 saturated heterocycles. The normalized spacial score (nSPS) is 12.7. The topological polar surface area (TPSA) is 55.9 Å². The second-order valence-electron chi connectivity index (χ2n) is 4.69. The van der Waals surface area contributed by atoms with Gasteiger partial charge in [-0.1, -0.05) is 29.3 Å². The Bertz CT molecular complexity index is 595. The number of hydrazine groups is 1. The summed E-state index contributed by atoms with van der Waals surface area (Å²) in [5.74, 6) is 5.68. The molecule has 0 radical (unpaired) electrons. The first-order valence-electron chi connectivity index (χ1n) is 6.49. The van der Waals surface area contributed by atoms with E-state index in [1.807, 2.05) is 23.7 Å². The number of benzene rings is 1. The standard InChI is InChI=1S/C14H18Cl2N4/c1-3-20-11(6-9(2)19-20)8-14(18-17)10-4-5-12(15)13(16)7-10/h4-7,14,18H,3,8,17H2,1-2H3. The lowest BCUT2D eigenvalue weighted by atomic mass is 10.0. The van der Waals surface area contributed by atoms with Gasteiger partial charge in [-0.2, -0.15) is 5.10 Å². The van der Waals surface area contributed by atoms with Crippen molar-refractivity contribution in [2.24, 2.45) is 5.84 Å². The third kappa shape index (κ3) is 3.33. The molecule has 2 rings (SSSR count). The van der Waals surface area contributed by atoms with Gasteiger partial charge in [0.15, 0.2) is 0 Å². The fraction of sp³-hybridized carbons (Fsp3) is 0.357. The zero-order valence-corrected chi connectivity index (χ0v) is 13.0. The van der Waals surface area contributed by atoms with Gasteiger partial charge in [0.25, 0.3) is 0 Å². The highest BCUT2D eigenvalue weighted by atomic mass is 35.5. The van der Waals surface area contributed by atoms with Gasteiger partial charge in [0.05, 0.1) is 21.8 Å². The van der Waals surface area contributed by atoms with Crippen LogP contribution in [0.3, 0.4) is 0 Å². The van der Waals surface area contributed by atoms with Gasteiger partial charge in [0, 0.05) is 18.7 Å². The van der Waals surface area contributed by atoms with E-state index < -0.39 is 0 Å². The largest absolute Gasteiger partial charge is 0.271 e. The summed E-state index contributed by atoms with van der Waals surface area (Å²) in [5.41, 5.74) is 5.98. The summed E-state index contributed by atoms with van der Waals surface area (Å²) in [6.07, 6.45) is 0.739. The van der Waals surface area contributed by atoms with Gasteiger partial charge in [0.1, 0.15) is 0 Å². The lowest BCUT2D eigenvalue weighted by Gasteiger charge is -2.17. The maximum absolute atomic E-state index is 6.06.